The van der Waals surface area contributed by atoms with E-state index in [4.69, 9.17) is 18.9 Å². The van der Waals surface area contributed by atoms with Gasteiger partial charge in [-0.1, -0.05) is 33.8 Å². The summed E-state index contributed by atoms with van der Waals surface area (Å²) < 4.78 is 88.9. The van der Waals surface area contributed by atoms with Crippen LogP contribution < -0.4 is 9.47 Å². The summed E-state index contributed by atoms with van der Waals surface area (Å²) in [6.07, 6.45) is 0. The fourth-order valence-electron chi connectivity index (χ4n) is 2.87. The van der Waals surface area contributed by atoms with Crippen molar-refractivity contribution in [3.63, 3.8) is 0 Å². The molecule has 0 radical (unpaired) electrons. The number of thioether (sulfide) groups is 2. The van der Waals surface area contributed by atoms with Crippen LogP contribution in [0.1, 0.15) is 0 Å². The predicted molar refractivity (Wildman–Crippen MR) is 168 cm³/mol. The molecule has 0 saturated heterocycles. The Morgan fingerprint density at radius 3 is 1.24 bits per heavy atom. The summed E-state index contributed by atoms with van der Waals surface area (Å²) in [4.78, 5) is 23.6. The Kier molecular flexibility index (Phi) is 16.7. The van der Waals surface area contributed by atoms with Crippen LogP contribution in [0.3, 0.4) is 0 Å². The van der Waals surface area contributed by atoms with Gasteiger partial charge in [0.25, 0.3) is 0 Å². The van der Waals surface area contributed by atoms with Gasteiger partial charge in [0.2, 0.25) is 10.1 Å². The summed E-state index contributed by atoms with van der Waals surface area (Å²) in [6, 6.07) is 10.8. The third-order valence-electron chi connectivity index (χ3n) is 5.16. The molecule has 0 aliphatic rings. The van der Waals surface area contributed by atoms with Gasteiger partial charge in [-0.05, 0) is 48.5 Å². The van der Waals surface area contributed by atoms with Crippen molar-refractivity contribution in [1.82, 2.24) is 0 Å². The lowest BCUT2D eigenvalue weighted by molar-refractivity contribution is -0.133. The Labute approximate surface area is 274 Å². The first-order chi connectivity index (χ1) is 22.0. The minimum Gasteiger partial charge on any atom is -0.497 e. The van der Waals surface area contributed by atoms with Gasteiger partial charge in [-0.3, -0.25) is 8.57 Å². The maximum absolute atomic E-state index is 12.4. The van der Waals surface area contributed by atoms with Crippen LogP contribution in [0.15, 0.2) is 68.6 Å². The number of oxime groups is 2. The molecule has 46 heavy (non-hydrogen) atoms. The zero-order valence-electron chi connectivity index (χ0n) is 25.1. The number of carbonyl (C=O) groups excluding carboxylic acids is 2. The number of esters is 2. The third-order valence-corrected chi connectivity index (χ3v) is 9.17. The Morgan fingerprint density at radius 1 is 0.587 bits per heavy atom. The van der Waals surface area contributed by atoms with E-state index in [9.17, 15) is 26.4 Å². The molecule has 0 N–H and O–H groups in total. The van der Waals surface area contributed by atoms with E-state index >= 15 is 0 Å². The zero-order chi connectivity index (χ0) is 34.0. The summed E-state index contributed by atoms with van der Waals surface area (Å²) in [5, 5.41) is 6.23. The minimum atomic E-state index is -4.29. The second-order valence-electron chi connectivity index (χ2n) is 8.11. The van der Waals surface area contributed by atoms with Crippen LogP contribution in [0.5, 0.6) is 11.5 Å². The molecule has 0 aliphatic heterocycles. The van der Waals surface area contributed by atoms with Gasteiger partial charge in [0, 0.05) is 11.5 Å². The molecule has 20 heteroatoms. The highest BCUT2D eigenvalue weighted by Gasteiger charge is 2.21. The second-order valence-corrected chi connectivity index (χ2v) is 13.3. The molecule has 16 nitrogen and oxygen atoms in total. The van der Waals surface area contributed by atoms with E-state index < -0.39 is 32.2 Å². The SMILES string of the molecule is COC(=O)/C(=N/OS(=O)(=O)c1ccc(OC)cc1)SCCOCCOCCS/C(=N\OS(=O)(=O)c1ccc(OC)cc1)C(=O)OC. The van der Waals surface area contributed by atoms with E-state index in [1.807, 2.05) is 0 Å². The van der Waals surface area contributed by atoms with E-state index in [2.05, 4.69) is 28.4 Å². The molecule has 0 unspecified atom stereocenters. The summed E-state index contributed by atoms with van der Waals surface area (Å²) in [5.74, 6) is -0.491. The van der Waals surface area contributed by atoms with Crippen LogP contribution in [0.4, 0.5) is 0 Å². The normalized spacial score (nSPS) is 12.3. The van der Waals surface area contributed by atoms with Crippen molar-refractivity contribution in [3.8, 4) is 11.5 Å². The fourth-order valence-corrected chi connectivity index (χ4v) is 5.79. The average molecular weight is 725 g/mol. The van der Waals surface area contributed by atoms with Gasteiger partial charge in [0.1, 0.15) is 21.3 Å². The van der Waals surface area contributed by atoms with Crippen molar-refractivity contribution in [3.05, 3.63) is 48.5 Å². The molecule has 0 spiro atoms. The molecule has 0 heterocycles. The third kappa shape index (κ3) is 13.0. The molecule has 0 atom stereocenters. The van der Waals surface area contributed by atoms with Crippen LogP contribution in [0, 0.1) is 0 Å². The predicted octanol–water partition coefficient (Wildman–Crippen LogP) is 2.29. The highest BCUT2D eigenvalue weighted by molar-refractivity contribution is 8.16. The first-order valence-corrected chi connectivity index (χ1v) is 17.6. The second kappa shape index (κ2) is 19.8. The smallest absolute Gasteiger partial charge is 0.366 e. The average Bonchev–Trinajstić information content (AvgIpc) is 3.07. The van der Waals surface area contributed by atoms with Gasteiger partial charge in [-0.25, -0.2) is 9.59 Å². The molecule has 0 saturated carbocycles. The number of benzene rings is 2. The summed E-state index contributed by atoms with van der Waals surface area (Å²) >= 11 is 1.72. The Balaban J connectivity index is 1.73. The van der Waals surface area contributed by atoms with Crippen LogP contribution in [-0.4, -0.2) is 105 Å². The molecule has 0 aromatic heterocycles. The Morgan fingerprint density at radius 2 is 0.935 bits per heavy atom. The first kappa shape index (κ1) is 38.6. The minimum absolute atomic E-state index is 0.142. The monoisotopic (exact) mass is 724 g/mol. The molecule has 2 aromatic rings. The lowest BCUT2D eigenvalue weighted by Gasteiger charge is -2.08. The van der Waals surface area contributed by atoms with Gasteiger partial charge >= 0.3 is 32.2 Å². The number of carbonyl (C=O) groups is 2. The van der Waals surface area contributed by atoms with E-state index in [0.717, 1.165) is 37.7 Å². The van der Waals surface area contributed by atoms with Gasteiger partial charge in [-0.15, -0.1) is 0 Å². The van der Waals surface area contributed by atoms with E-state index in [0.29, 0.717) is 11.5 Å². The topological polar surface area (TPSA) is 201 Å². The number of hydrogen-bond acceptors (Lipinski definition) is 18. The Bertz CT molecular complexity index is 1430. The maximum atomic E-state index is 12.4. The zero-order valence-corrected chi connectivity index (χ0v) is 28.4. The van der Waals surface area contributed by atoms with E-state index in [-0.39, 0.29) is 57.8 Å². The number of methoxy groups -OCH3 is 4. The summed E-state index contributed by atoms with van der Waals surface area (Å²) in [5.41, 5.74) is 0. The molecular formula is C26H32N2O14S4. The van der Waals surface area contributed by atoms with Crippen molar-refractivity contribution in [2.24, 2.45) is 10.3 Å². The van der Waals surface area contributed by atoms with Crippen molar-refractivity contribution < 1.29 is 63.4 Å². The molecule has 0 fully saturated rings. The molecule has 0 bridgehead atoms. The molecule has 2 aromatic carbocycles. The van der Waals surface area contributed by atoms with Crippen LogP contribution in [0.25, 0.3) is 0 Å². The number of rotatable bonds is 17. The molecule has 254 valence electrons. The molecule has 0 aliphatic carbocycles. The largest absolute Gasteiger partial charge is 0.497 e. The number of hydrogen-bond donors (Lipinski definition) is 0. The van der Waals surface area contributed by atoms with Crippen molar-refractivity contribution in [1.29, 1.82) is 0 Å². The summed E-state index contributed by atoms with van der Waals surface area (Å²) in [7, 11) is -3.49. The quantitative estimate of drug-likeness (QED) is 0.0755. The van der Waals surface area contributed by atoms with Crippen LogP contribution >= 0.6 is 23.5 Å². The maximum Gasteiger partial charge on any atom is 0.366 e. The van der Waals surface area contributed by atoms with Gasteiger partial charge in [0.05, 0.1) is 54.9 Å². The highest BCUT2D eigenvalue weighted by Crippen LogP contribution is 2.20. The first-order valence-electron chi connectivity index (χ1n) is 12.9. The lowest BCUT2D eigenvalue weighted by atomic mass is 10.3. The van der Waals surface area contributed by atoms with E-state index in [1.165, 1.54) is 62.8 Å². The van der Waals surface area contributed by atoms with Gasteiger partial charge in [-0.2, -0.15) is 16.8 Å². The van der Waals surface area contributed by atoms with Gasteiger partial charge in [0.15, 0.2) is 0 Å². The fraction of sp³-hybridized carbons (Fsp3) is 0.385. The number of nitrogens with zero attached hydrogens (tertiary/aromatic N) is 2. The van der Waals surface area contributed by atoms with E-state index in [1.54, 1.807) is 0 Å². The van der Waals surface area contributed by atoms with Crippen molar-refractivity contribution in [2.45, 2.75) is 9.79 Å². The molecule has 2 rings (SSSR count). The van der Waals surface area contributed by atoms with Crippen molar-refractivity contribution in [2.75, 3.05) is 66.4 Å². The Hall–Kier alpha value is -3.56. The standard InChI is InChI=1S/C26H32N2O14S4/c1-35-19-5-9-21(10-6-19)45(31,32)41-27-23(25(29)37-3)43-17-15-39-13-14-40-16-18-44-24(26(30)38-4)28-42-46(33,34)22-11-7-20(36-2)8-12-22/h5-12H,13-18H2,1-4H3/b27-23-,28-24-. The lowest BCUT2D eigenvalue weighted by Crippen LogP contribution is -2.17. The molecular weight excluding hydrogens is 693 g/mol. The van der Waals surface area contributed by atoms with Crippen LogP contribution in [0.2, 0.25) is 0 Å². The van der Waals surface area contributed by atoms with Crippen LogP contribution in [-0.2, 0) is 57.3 Å². The molecule has 0 amide bonds. The number of ether oxygens (including phenoxy) is 6. The van der Waals surface area contributed by atoms with Crippen molar-refractivity contribution >= 4 is 65.8 Å². The summed E-state index contributed by atoms with van der Waals surface area (Å²) in [6.45, 7) is 0.616. The highest BCUT2D eigenvalue weighted by atomic mass is 32.2. The van der Waals surface area contributed by atoms with Gasteiger partial charge < -0.3 is 28.4 Å².